The zero-order valence-corrected chi connectivity index (χ0v) is 8.90. The highest BCUT2D eigenvalue weighted by Gasteiger charge is 2.14. The van der Waals surface area contributed by atoms with Crippen molar-refractivity contribution in [3.63, 3.8) is 0 Å². The lowest BCUT2D eigenvalue weighted by atomic mass is 10.1. The summed E-state index contributed by atoms with van der Waals surface area (Å²) in [6.07, 6.45) is 1.44. The van der Waals surface area contributed by atoms with E-state index in [9.17, 15) is 4.79 Å². The molecule has 0 saturated heterocycles. The lowest BCUT2D eigenvalue weighted by Gasteiger charge is -2.05. The van der Waals surface area contributed by atoms with Crippen LogP contribution in [0.5, 0.6) is 11.5 Å². The summed E-state index contributed by atoms with van der Waals surface area (Å²) in [7, 11) is 3.04. The number of aromatic amines is 1. The van der Waals surface area contributed by atoms with E-state index in [1.54, 1.807) is 12.1 Å². The number of nitrogens with one attached hydrogen (secondary N) is 1. The molecule has 0 saturated carbocycles. The van der Waals surface area contributed by atoms with Crippen LogP contribution in [-0.2, 0) is 0 Å². The molecule has 0 fully saturated rings. The van der Waals surface area contributed by atoms with Crippen molar-refractivity contribution < 1.29 is 19.4 Å². The zero-order chi connectivity index (χ0) is 11.7. The predicted octanol–water partition coefficient (Wildman–Crippen LogP) is 1.88. The largest absolute Gasteiger partial charge is 0.497 e. The number of carbonyl (C=O) groups is 1. The number of fused-ring (bicyclic) bond motifs is 1. The third-order valence-electron chi connectivity index (χ3n) is 2.41. The molecule has 0 bridgehead atoms. The number of rotatable bonds is 3. The standard InChI is InChI=1S/C11H11NO4/c1-15-6-3-7-8(11(13)14)5-12-10(7)9(4-6)16-2/h3-5,12H,1-2H3,(H,13,14). The summed E-state index contributed by atoms with van der Waals surface area (Å²) in [5.41, 5.74) is 0.855. The Morgan fingerprint density at radius 3 is 2.62 bits per heavy atom. The number of benzene rings is 1. The number of carboxylic acids is 1. The number of hydrogen-bond acceptors (Lipinski definition) is 3. The molecule has 1 aromatic carbocycles. The van der Waals surface area contributed by atoms with Crippen LogP contribution in [0.15, 0.2) is 18.3 Å². The minimum absolute atomic E-state index is 0.201. The zero-order valence-electron chi connectivity index (χ0n) is 8.90. The van der Waals surface area contributed by atoms with Gasteiger partial charge in [-0.1, -0.05) is 0 Å². The van der Waals surface area contributed by atoms with Gasteiger partial charge in [-0.05, 0) is 6.07 Å². The van der Waals surface area contributed by atoms with Crippen molar-refractivity contribution in [3.8, 4) is 11.5 Å². The molecule has 16 heavy (non-hydrogen) atoms. The fourth-order valence-corrected chi connectivity index (χ4v) is 1.63. The predicted molar refractivity (Wildman–Crippen MR) is 58.4 cm³/mol. The molecule has 0 aliphatic carbocycles. The summed E-state index contributed by atoms with van der Waals surface area (Å²) in [4.78, 5) is 13.9. The van der Waals surface area contributed by atoms with Crippen LogP contribution in [-0.4, -0.2) is 30.3 Å². The first-order valence-electron chi connectivity index (χ1n) is 4.63. The highest BCUT2D eigenvalue weighted by molar-refractivity contribution is 6.05. The van der Waals surface area contributed by atoms with Crippen molar-refractivity contribution in [2.24, 2.45) is 0 Å². The van der Waals surface area contributed by atoms with Crippen molar-refractivity contribution in [2.75, 3.05) is 14.2 Å². The minimum atomic E-state index is -0.985. The van der Waals surface area contributed by atoms with E-state index >= 15 is 0 Å². The molecule has 5 nitrogen and oxygen atoms in total. The maximum absolute atomic E-state index is 11.0. The molecule has 0 radical (unpaired) electrons. The first kappa shape index (κ1) is 10.4. The third-order valence-corrected chi connectivity index (χ3v) is 2.41. The topological polar surface area (TPSA) is 71.5 Å². The van der Waals surface area contributed by atoms with E-state index in [2.05, 4.69) is 4.98 Å². The van der Waals surface area contributed by atoms with Gasteiger partial charge in [0.25, 0.3) is 0 Å². The molecular weight excluding hydrogens is 210 g/mol. The van der Waals surface area contributed by atoms with Crippen LogP contribution in [0.3, 0.4) is 0 Å². The first-order valence-corrected chi connectivity index (χ1v) is 4.63. The average Bonchev–Trinajstić information content (AvgIpc) is 2.71. The second-order valence-electron chi connectivity index (χ2n) is 3.26. The van der Waals surface area contributed by atoms with Gasteiger partial charge in [-0.2, -0.15) is 0 Å². The Hall–Kier alpha value is -2.17. The van der Waals surface area contributed by atoms with Crippen LogP contribution in [0.1, 0.15) is 10.4 Å². The number of H-pyrrole nitrogens is 1. The monoisotopic (exact) mass is 221 g/mol. The molecule has 1 aromatic heterocycles. The average molecular weight is 221 g/mol. The second kappa shape index (κ2) is 3.77. The van der Waals surface area contributed by atoms with E-state index in [1.165, 1.54) is 20.4 Å². The van der Waals surface area contributed by atoms with Gasteiger partial charge < -0.3 is 19.6 Å². The first-order chi connectivity index (χ1) is 7.67. The number of ether oxygens (including phenoxy) is 2. The normalized spacial score (nSPS) is 10.4. The highest BCUT2D eigenvalue weighted by atomic mass is 16.5. The van der Waals surface area contributed by atoms with Gasteiger partial charge in [-0.3, -0.25) is 0 Å². The van der Waals surface area contributed by atoms with Crippen LogP contribution < -0.4 is 9.47 Å². The molecule has 0 amide bonds. The fraction of sp³-hybridized carbons (Fsp3) is 0.182. The molecule has 0 spiro atoms. The van der Waals surface area contributed by atoms with Gasteiger partial charge >= 0.3 is 5.97 Å². The maximum atomic E-state index is 11.0. The number of hydrogen-bond donors (Lipinski definition) is 2. The van der Waals surface area contributed by atoms with E-state index in [-0.39, 0.29) is 5.56 Å². The Morgan fingerprint density at radius 1 is 1.31 bits per heavy atom. The molecule has 5 heteroatoms. The van der Waals surface area contributed by atoms with Crippen molar-refractivity contribution in [1.29, 1.82) is 0 Å². The SMILES string of the molecule is COc1cc(OC)c2[nH]cc(C(=O)O)c2c1. The minimum Gasteiger partial charge on any atom is -0.497 e. The molecular formula is C11H11NO4. The van der Waals surface area contributed by atoms with E-state index in [0.717, 1.165) is 0 Å². The van der Waals surface area contributed by atoms with Gasteiger partial charge in [0.15, 0.2) is 0 Å². The van der Waals surface area contributed by atoms with Crippen molar-refractivity contribution in [1.82, 2.24) is 4.98 Å². The quantitative estimate of drug-likeness (QED) is 0.830. The van der Waals surface area contributed by atoms with Crippen LogP contribution >= 0.6 is 0 Å². The molecule has 0 aliphatic heterocycles. The highest BCUT2D eigenvalue weighted by Crippen LogP contribution is 2.32. The van der Waals surface area contributed by atoms with Crippen LogP contribution in [0, 0.1) is 0 Å². The van der Waals surface area contributed by atoms with Crippen LogP contribution in [0.25, 0.3) is 10.9 Å². The van der Waals surface area contributed by atoms with Crippen LogP contribution in [0.2, 0.25) is 0 Å². The van der Waals surface area contributed by atoms with Gasteiger partial charge in [0, 0.05) is 17.6 Å². The molecule has 2 aromatic rings. The Balaban J connectivity index is 2.76. The van der Waals surface area contributed by atoms with Gasteiger partial charge in [0.05, 0.1) is 25.3 Å². The summed E-state index contributed by atoms with van der Waals surface area (Å²) < 4.78 is 10.2. The molecule has 84 valence electrons. The van der Waals surface area contributed by atoms with E-state index in [0.29, 0.717) is 22.4 Å². The van der Waals surface area contributed by atoms with Gasteiger partial charge in [-0.15, -0.1) is 0 Å². The Morgan fingerprint density at radius 2 is 2.06 bits per heavy atom. The summed E-state index contributed by atoms with van der Waals surface area (Å²) in [5.74, 6) is 0.134. The molecule has 0 aliphatic rings. The number of aromatic nitrogens is 1. The van der Waals surface area contributed by atoms with E-state index < -0.39 is 5.97 Å². The maximum Gasteiger partial charge on any atom is 0.337 e. The summed E-state index contributed by atoms with van der Waals surface area (Å²) >= 11 is 0. The van der Waals surface area contributed by atoms with Crippen LogP contribution in [0.4, 0.5) is 0 Å². The van der Waals surface area contributed by atoms with Gasteiger partial charge in [0.2, 0.25) is 0 Å². The smallest absolute Gasteiger partial charge is 0.337 e. The number of carboxylic acid groups (broad SMARTS) is 1. The molecule has 0 unspecified atom stereocenters. The second-order valence-corrected chi connectivity index (χ2v) is 3.26. The molecule has 0 atom stereocenters. The lowest BCUT2D eigenvalue weighted by molar-refractivity contribution is 0.0699. The lowest BCUT2D eigenvalue weighted by Crippen LogP contribution is -1.94. The Labute approximate surface area is 91.6 Å². The third kappa shape index (κ3) is 1.46. The summed E-state index contributed by atoms with van der Waals surface area (Å²) in [6, 6.07) is 3.36. The molecule has 2 N–H and O–H groups in total. The van der Waals surface area contributed by atoms with E-state index in [4.69, 9.17) is 14.6 Å². The Kier molecular flexibility index (Phi) is 2.44. The molecule has 2 rings (SSSR count). The van der Waals surface area contributed by atoms with Crippen molar-refractivity contribution >= 4 is 16.9 Å². The van der Waals surface area contributed by atoms with Gasteiger partial charge in [-0.25, -0.2) is 4.79 Å². The fourth-order valence-electron chi connectivity index (χ4n) is 1.63. The van der Waals surface area contributed by atoms with E-state index in [1.807, 2.05) is 0 Å². The Bertz CT molecular complexity index is 544. The van der Waals surface area contributed by atoms with Gasteiger partial charge in [0.1, 0.15) is 11.5 Å². The van der Waals surface area contributed by atoms with Crippen molar-refractivity contribution in [2.45, 2.75) is 0 Å². The summed E-state index contributed by atoms with van der Waals surface area (Å²) in [6.45, 7) is 0. The number of methoxy groups -OCH3 is 2. The summed E-state index contributed by atoms with van der Waals surface area (Å²) in [5, 5.41) is 9.57. The molecule has 1 heterocycles. The number of aromatic carboxylic acids is 1. The van der Waals surface area contributed by atoms with Crippen molar-refractivity contribution in [3.05, 3.63) is 23.9 Å².